The molecule has 0 radical (unpaired) electrons. The van der Waals surface area contributed by atoms with Crippen molar-refractivity contribution in [1.29, 1.82) is 0 Å². The normalized spacial score (nSPS) is 10.4. The molecule has 0 fully saturated rings. The van der Waals surface area contributed by atoms with Crippen molar-refractivity contribution < 1.29 is 9.90 Å². The molecule has 0 saturated carbocycles. The van der Waals surface area contributed by atoms with Crippen molar-refractivity contribution >= 4 is 17.9 Å². The number of rotatable bonds is 6. The van der Waals surface area contributed by atoms with Gasteiger partial charge in [-0.1, -0.05) is 0 Å². The highest BCUT2D eigenvalue weighted by Gasteiger charge is 2.11. The Kier molecular flexibility index (Phi) is 4.97. The Hall–Kier alpha value is -3.62. The molecule has 0 spiro atoms. The molecule has 3 aromatic rings. The van der Waals surface area contributed by atoms with E-state index in [1.54, 1.807) is 31.7 Å². The van der Waals surface area contributed by atoms with Gasteiger partial charge in [-0.2, -0.15) is 0 Å². The standard InChI is InChI=1S/C17H17N7O2/c1-18-16-21-8-11(9-22-16)10-24(2)17-20-6-4-13(23-17)14-7-12(15(25)26)3-5-19-14/h3-9H,10H2,1-2H3,(H,25,26)(H,18,21,22). The number of carbonyl (C=O) groups is 1. The number of hydrogen-bond donors (Lipinski definition) is 2. The first-order chi connectivity index (χ1) is 12.6. The van der Waals surface area contributed by atoms with E-state index < -0.39 is 5.97 Å². The van der Waals surface area contributed by atoms with Gasteiger partial charge in [0.05, 0.1) is 17.0 Å². The lowest BCUT2D eigenvalue weighted by molar-refractivity contribution is 0.0697. The summed E-state index contributed by atoms with van der Waals surface area (Å²) in [7, 11) is 3.61. The predicted octanol–water partition coefficient (Wildman–Crippen LogP) is 1.70. The number of anilines is 2. The van der Waals surface area contributed by atoms with Crippen LogP contribution in [0.4, 0.5) is 11.9 Å². The second-order valence-corrected chi connectivity index (χ2v) is 5.50. The molecular weight excluding hydrogens is 334 g/mol. The monoisotopic (exact) mass is 351 g/mol. The topological polar surface area (TPSA) is 117 Å². The Morgan fingerprint density at radius 2 is 1.85 bits per heavy atom. The molecule has 0 aliphatic heterocycles. The Morgan fingerprint density at radius 3 is 2.54 bits per heavy atom. The van der Waals surface area contributed by atoms with E-state index in [4.69, 9.17) is 5.11 Å². The van der Waals surface area contributed by atoms with E-state index in [-0.39, 0.29) is 5.56 Å². The zero-order valence-corrected chi connectivity index (χ0v) is 14.3. The molecule has 132 valence electrons. The number of pyridine rings is 1. The molecule has 0 amide bonds. The van der Waals surface area contributed by atoms with Crippen LogP contribution in [0.25, 0.3) is 11.4 Å². The Morgan fingerprint density at radius 1 is 1.12 bits per heavy atom. The fourth-order valence-electron chi connectivity index (χ4n) is 2.29. The highest BCUT2D eigenvalue weighted by Crippen LogP contribution is 2.18. The second-order valence-electron chi connectivity index (χ2n) is 5.50. The molecule has 9 nitrogen and oxygen atoms in total. The van der Waals surface area contributed by atoms with Gasteiger partial charge in [-0.3, -0.25) is 4.98 Å². The fraction of sp³-hybridized carbons (Fsp3) is 0.176. The Balaban J connectivity index is 1.81. The quantitative estimate of drug-likeness (QED) is 0.684. The average molecular weight is 351 g/mol. The number of nitrogens with zero attached hydrogens (tertiary/aromatic N) is 6. The zero-order chi connectivity index (χ0) is 18.5. The zero-order valence-electron chi connectivity index (χ0n) is 14.3. The van der Waals surface area contributed by atoms with E-state index in [2.05, 4.69) is 30.2 Å². The molecular formula is C17H17N7O2. The van der Waals surface area contributed by atoms with E-state index in [0.29, 0.717) is 29.8 Å². The maximum Gasteiger partial charge on any atom is 0.335 e. The number of hydrogen-bond acceptors (Lipinski definition) is 8. The summed E-state index contributed by atoms with van der Waals surface area (Å²) < 4.78 is 0. The second kappa shape index (κ2) is 7.51. The third-order valence-electron chi connectivity index (χ3n) is 3.60. The van der Waals surface area contributed by atoms with Gasteiger partial charge in [-0.25, -0.2) is 24.7 Å². The van der Waals surface area contributed by atoms with Crippen LogP contribution in [0.3, 0.4) is 0 Å². The molecule has 0 unspecified atom stereocenters. The van der Waals surface area contributed by atoms with Gasteiger partial charge in [0.2, 0.25) is 11.9 Å². The largest absolute Gasteiger partial charge is 0.478 e. The lowest BCUT2D eigenvalue weighted by atomic mass is 10.2. The van der Waals surface area contributed by atoms with E-state index in [0.717, 1.165) is 5.56 Å². The van der Waals surface area contributed by atoms with Crippen LogP contribution in [0.5, 0.6) is 0 Å². The van der Waals surface area contributed by atoms with Crippen LogP contribution in [0.15, 0.2) is 43.0 Å². The summed E-state index contributed by atoms with van der Waals surface area (Å²) in [5.74, 6) is 0.0341. The number of carboxylic acid groups (broad SMARTS) is 1. The summed E-state index contributed by atoms with van der Waals surface area (Å²) in [4.78, 5) is 34.3. The SMILES string of the molecule is CNc1ncc(CN(C)c2nccc(-c3cc(C(=O)O)ccn3)n2)cn1. The van der Waals surface area contributed by atoms with E-state index in [9.17, 15) is 4.79 Å². The maximum atomic E-state index is 11.1. The van der Waals surface area contributed by atoms with Crippen molar-refractivity contribution in [3.05, 3.63) is 54.1 Å². The predicted molar refractivity (Wildman–Crippen MR) is 95.9 cm³/mol. The molecule has 3 rings (SSSR count). The number of aromatic nitrogens is 5. The van der Waals surface area contributed by atoms with Crippen molar-refractivity contribution in [2.45, 2.75) is 6.54 Å². The highest BCUT2D eigenvalue weighted by atomic mass is 16.4. The molecule has 3 aromatic heterocycles. The lowest BCUT2D eigenvalue weighted by Crippen LogP contribution is -2.19. The van der Waals surface area contributed by atoms with Crippen LogP contribution in [0.1, 0.15) is 15.9 Å². The van der Waals surface area contributed by atoms with Crippen molar-refractivity contribution in [3.8, 4) is 11.4 Å². The summed E-state index contributed by atoms with van der Waals surface area (Å²) in [5, 5.41) is 12.0. The van der Waals surface area contributed by atoms with Gasteiger partial charge in [0, 0.05) is 51.0 Å². The Bertz CT molecular complexity index is 915. The minimum Gasteiger partial charge on any atom is -0.478 e. The van der Waals surface area contributed by atoms with Crippen LogP contribution >= 0.6 is 0 Å². The molecule has 9 heteroatoms. The third-order valence-corrected chi connectivity index (χ3v) is 3.60. The van der Waals surface area contributed by atoms with Gasteiger partial charge in [-0.05, 0) is 18.2 Å². The van der Waals surface area contributed by atoms with Crippen LogP contribution in [-0.4, -0.2) is 50.1 Å². The first kappa shape index (κ1) is 17.2. The maximum absolute atomic E-state index is 11.1. The van der Waals surface area contributed by atoms with Crippen LogP contribution in [-0.2, 0) is 6.54 Å². The lowest BCUT2D eigenvalue weighted by Gasteiger charge is -2.17. The van der Waals surface area contributed by atoms with Crippen molar-refractivity contribution in [3.63, 3.8) is 0 Å². The first-order valence-corrected chi connectivity index (χ1v) is 7.79. The molecule has 26 heavy (non-hydrogen) atoms. The molecule has 0 bridgehead atoms. The third kappa shape index (κ3) is 3.89. The molecule has 0 aromatic carbocycles. The van der Waals surface area contributed by atoms with E-state index >= 15 is 0 Å². The minimum atomic E-state index is -1.01. The highest BCUT2D eigenvalue weighted by molar-refractivity contribution is 5.88. The van der Waals surface area contributed by atoms with Crippen molar-refractivity contribution in [2.75, 3.05) is 24.3 Å². The number of nitrogens with one attached hydrogen (secondary N) is 1. The molecule has 2 N–H and O–H groups in total. The van der Waals surface area contributed by atoms with Gasteiger partial charge in [0.15, 0.2) is 0 Å². The molecule has 0 atom stereocenters. The van der Waals surface area contributed by atoms with Crippen LogP contribution in [0, 0.1) is 0 Å². The molecule has 0 aliphatic rings. The van der Waals surface area contributed by atoms with Gasteiger partial charge in [-0.15, -0.1) is 0 Å². The summed E-state index contributed by atoms with van der Waals surface area (Å²) >= 11 is 0. The summed E-state index contributed by atoms with van der Waals surface area (Å²) in [6.45, 7) is 0.524. The van der Waals surface area contributed by atoms with Gasteiger partial charge in [0.1, 0.15) is 0 Å². The summed E-state index contributed by atoms with van der Waals surface area (Å²) in [5.41, 5.74) is 2.09. The molecule has 3 heterocycles. The summed E-state index contributed by atoms with van der Waals surface area (Å²) in [6.07, 6.45) is 6.53. The Labute approximate surface area is 149 Å². The molecule has 0 aliphatic carbocycles. The number of carboxylic acids is 1. The van der Waals surface area contributed by atoms with E-state index in [1.807, 2.05) is 11.9 Å². The van der Waals surface area contributed by atoms with Gasteiger partial charge >= 0.3 is 5.97 Å². The van der Waals surface area contributed by atoms with Crippen LogP contribution in [0.2, 0.25) is 0 Å². The van der Waals surface area contributed by atoms with Gasteiger partial charge < -0.3 is 15.3 Å². The van der Waals surface area contributed by atoms with Crippen molar-refractivity contribution in [1.82, 2.24) is 24.9 Å². The summed E-state index contributed by atoms with van der Waals surface area (Å²) in [6, 6.07) is 4.61. The number of aromatic carboxylic acids is 1. The fourth-order valence-corrected chi connectivity index (χ4v) is 2.29. The van der Waals surface area contributed by atoms with Crippen LogP contribution < -0.4 is 10.2 Å². The minimum absolute atomic E-state index is 0.158. The smallest absolute Gasteiger partial charge is 0.335 e. The first-order valence-electron chi connectivity index (χ1n) is 7.79. The molecule has 0 saturated heterocycles. The average Bonchev–Trinajstić information content (AvgIpc) is 2.68. The van der Waals surface area contributed by atoms with Gasteiger partial charge in [0.25, 0.3) is 0 Å². The van der Waals surface area contributed by atoms with Crippen molar-refractivity contribution in [2.24, 2.45) is 0 Å². The van der Waals surface area contributed by atoms with E-state index in [1.165, 1.54) is 18.3 Å².